The van der Waals surface area contributed by atoms with Crippen molar-refractivity contribution in [3.05, 3.63) is 18.0 Å². The molecule has 14 heavy (non-hydrogen) atoms. The van der Waals surface area contributed by atoms with Crippen LogP contribution < -0.4 is 0 Å². The van der Waals surface area contributed by atoms with Crippen LogP contribution in [-0.4, -0.2) is 9.78 Å². The van der Waals surface area contributed by atoms with Crippen LogP contribution in [-0.2, 0) is 6.54 Å². The first-order valence-corrected chi connectivity index (χ1v) is 5.79. The first-order chi connectivity index (χ1) is 6.77. The van der Waals surface area contributed by atoms with Crippen LogP contribution in [0.4, 0.5) is 0 Å². The first-order valence-electron chi connectivity index (χ1n) is 5.79. The third kappa shape index (κ3) is 2.37. The molecule has 0 unspecified atom stereocenters. The van der Waals surface area contributed by atoms with E-state index in [1.165, 1.54) is 31.4 Å². The van der Waals surface area contributed by atoms with Crippen molar-refractivity contribution in [1.82, 2.24) is 9.78 Å². The minimum Gasteiger partial charge on any atom is -0.269 e. The van der Waals surface area contributed by atoms with Gasteiger partial charge in [0.25, 0.3) is 0 Å². The maximum absolute atomic E-state index is 4.39. The van der Waals surface area contributed by atoms with E-state index in [2.05, 4.69) is 29.7 Å². The summed E-state index contributed by atoms with van der Waals surface area (Å²) in [7, 11) is 0. The number of hydrogen-bond acceptors (Lipinski definition) is 1. The van der Waals surface area contributed by atoms with E-state index in [1.54, 1.807) is 0 Å². The van der Waals surface area contributed by atoms with Crippen LogP contribution in [0.15, 0.2) is 12.3 Å². The van der Waals surface area contributed by atoms with Crippen molar-refractivity contribution < 1.29 is 0 Å². The lowest BCUT2D eigenvalue weighted by molar-refractivity contribution is 0.480. The van der Waals surface area contributed by atoms with Crippen LogP contribution in [0, 0.1) is 5.92 Å². The average Bonchev–Trinajstić information content (AvgIpc) is 2.87. The van der Waals surface area contributed by atoms with Crippen molar-refractivity contribution in [2.45, 2.75) is 52.0 Å². The van der Waals surface area contributed by atoms with Crippen molar-refractivity contribution in [1.29, 1.82) is 0 Å². The molecule has 2 nitrogen and oxygen atoms in total. The van der Waals surface area contributed by atoms with E-state index in [0.29, 0.717) is 0 Å². The molecule has 1 aromatic heterocycles. The second-order valence-electron chi connectivity index (χ2n) is 4.79. The molecular weight excluding hydrogens is 172 g/mol. The van der Waals surface area contributed by atoms with Crippen molar-refractivity contribution in [3.63, 3.8) is 0 Å². The first kappa shape index (κ1) is 9.75. The lowest BCUT2D eigenvalue weighted by atomic mass is 10.1. The van der Waals surface area contributed by atoms with Crippen LogP contribution in [0.25, 0.3) is 0 Å². The summed E-state index contributed by atoms with van der Waals surface area (Å²) in [5.74, 6) is 1.64. The van der Waals surface area contributed by atoms with Crippen LogP contribution in [0.2, 0.25) is 0 Å². The smallest absolute Gasteiger partial charge is 0.0492 e. The van der Waals surface area contributed by atoms with Crippen LogP contribution in [0.1, 0.15) is 51.1 Å². The van der Waals surface area contributed by atoms with E-state index < -0.39 is 0 Å². The highest BCUT2D eigenvalue weighted by atomic mass is 15.3. The lowest BCUT2D eigenvalue weighted by Gasteiger charge is -2.07. The molecule has 0 spiro atoms. The minimum absolute atomic E-state index is 0.815. The Morgan fingerprint density at radius 1 is 1.50 bits per heavy atom. The summed E-state index contributed by atoms with van der Waals surface area (Å²) in [5, 5.41) is 4.39. The van der Waals surface area contributed by atoms with E-state index in [0.717, 1.165) is 18.4 Å². The van der Waals surface area contributed by atoms with Gasteiger partial charge in [-0.15, -0.1) is 0 Å². The van der Waals surface area contributed by atoms with Gasteiger partial charge in [0.1, 0.15) is 0 Å². The van der Waals surface area contributed by atoms with Gasteiger partial charge in [0.05, 0.1) is 0 Å². The fourth-order valence-corrected chi connectivity index (χ4v) is 1.90. The molecule has 0 bridgehead atoms. The van der Waals surface area contributed by atoms with Crippen LogP contribution >= 0.6 is 0 Å². The molecule has 1 aliphatic rings. The molecule has 0 aromatic carbocycles. The normalized spacial score (nSPS) is 16.5. The molecule has 1 fully saturated rings. The molecule has 1 saturated carbocycles. The van der Waals surface area contributed by atoms with E-state index in [1.807, 2.05) is 6.20 Å². The van der Waals surface area contributed by atoms with Gasteiger partial charge in [-0.2, -0.15) is 5.10 Å². The Hall–Kier alpha value is -0.790. The van der Waals surface area contributed by atoms with E-state index in [-0.39, 0.29) is 0 Å². The summed E-state index contributed by atoms with van der Waals surface area (Å²) >= 11 is 0. The second-order valence-corrected chi connectivity index (χ2v) is 4.79. The number of nitrogens with zero attached hydrogens (tertiary/aromatic N) is 2. The van der Waals surface area contributed by atoms with Crippen LogP contribution in [0.5, 0.6) is 0 Å². The minimum atomic E-state index is 0.815. The zero-order chi connectivity index (χ0) is 9.97. The largest absolute Gasteiger partial charge is 0.269 e. The van der Waals surface area contributed by atoms with Gasteiger partial charge in [-0.25, -0.2) is 0 Å². The Morgan fingerprint density at radius 3 is 2.93 bits per heavy atom. The molecule has 0 saturated heterocycles. The summed E-state index contributed by atoms with van der Waals surface area (Å²) in [4.78, 5) is 0. The summed E-state index contributed by atoms with van der Waals surface area (Å²) in [6.45, 7) is 5.67. The fourth-order valence-electron chi connectivity index (χ4n) is 1.90. The number of rotatable bonds is 5. The van der Waals surface area contributed by atoms with Gasteiger partial charge < -0.3 is 0 Å². The van der Waals surface area contributed by atoms with E-state index in [4.69, 9.17) is 0 Å². The number of hydrogen-bond donors (Lipinski definition) is 0. The average molecular weight is 192 g/mol. The predicted octanol–water partition coefficient (Wildman–Crippen LogP) is 3.20. The van der Waals surface area contributed by atoms with Gasteiger partial charge in [0, 0.05) is 24.4 Å². The molecule has 0 N–H and O–H groups in total. The molecule has 0 atom stereocenters. The van der Waals surface area contributed by atoms with Crippen LogP contribution in [0.3, 0.4) is 0 Å². The van der Waals surface area contributed by atoms with E-state index in [9.17, 15) is 0 Å². The van der Waals surface area contributed by atoms with Gasteiger partial charge in [-0.3, -0.25) is 4.68 Å². The van der Waals surface area contributed by atoms with Gasteiger partial charge in [-0.05, 0) is 37.7 Å². The summed E-state index contributed by atoms with van der Waals surface area (Å²) in [6, 6.07) is 2.19. The Morgan fingerprint density at radius 2 is 2.29 bits per heavy atom. The monoisotopic (exact) mass is 192 g/mol. The number of aryl methyl sites for hydroxylation is 1. The lowest BCUT2D eigenvalue weighted by Crippen LogP contribution is -2.05. The zero-order valence-corrected chi connectivity index (χ0v) is 9.24. The molecule has 1 aliphatic carbocycles. The molecule has 1 heterocycles. The van der Waals surface area contributed by atoms with Gasteiger partial charge in [0.2, 0.25) is 0 Å². The molecule has 0 radical (unpaired) electrons. The SMILES string of the molecule is CC(C)CCCn1nccc1C1CC1. The summed E-state index contributed by atoms with van der Waals surface area (Å²) < 4.78 is 2.21. The maximum atomic E-state index is 4.39. The molecule has 0 aliphatic heterocycles. The third-order valence-electron chi connectivity index (χ3n) is 2.90. The molecule has 0 amide bonds. The second kappa shape index (κ2) is 4.16. The zero-order valence-electron chi connectivity index (χ0n) is 9.24. The molecule has 2 heteroatoms. The summed E-state index contributed by atoms with van der Waals surface area (Å²) in [5.41, 5.74) is 1.47. The van der Waals surface area contributed by atoms with Crippen molar-refractivity contribution in [3.8, 4) is 0 Å². The van der Waals surface area contributed by atoms with Crippen molar-refractivity contribution >= 4 is 0 Å². The molecule has 78 valence electrons. The van der Waals surface area contributed by atoms with Gasteiger partial charge in [-0.1, -0.05) is 13.8 Å². The topological polar surface area (TPSA) is 17.8 Å². The molecular formula is C12H20N2. The Kier molecular flexibility index (Phi) is 2.90. The Balaban J connectivity index is 1.85. The van der Waals surface area contributed by atoms with E-state index >= 15 is 0 Å². The molecule has 2 rings (SSSR count). The van der Waals surface area contributed by atoms with Gasteiger partial charge >= 0.3 is 0 Å². The quantitative estimate of drug-likeness (QED) is 0.700. The number of aromatic nitrogens is 2. The fraction of sp³-hybridized carbons (Fsp3) is 0.750. The third-order valence-corrected chi connectivity index (χ3v) is 2.90. The van der Waals surface area contributed by atoms with Gasteiger partial charge in [0.15, 0.2) is 0 Å². The Labute approximate surface area is 86.3 Å². The Bertz CT molecular complexity index is 284. The molecule has 1 aromatic rings. The summed E-state index contributed by atoms with van der Waals surface area (Å²) in [6.07, 6.45) is 7.26. The highest BCUT2D eigenvalue weighted by Gasteiger charge is 2.26. The van der Waals surface area contributed by atoms with Crippen molar-refractivity contribution in [2.24, 2.45) is 5.92 Å². The predicted molar refractivity (Wildman–Crippen MR) is 58.3 cm³/mol. The maximum Gasteiger partial charge on any atom is 0.0492 e. The highest BCUT2D eigenvalue weighted by molar-refractivity contribution is 5.13. The van der Waals surface area contributed by atoms with Crippen molar-refractivity contribution in [2.75, 3.05) is 0 Å². The highest BCUT2D eigenvalue weighted by Crippen LogP contribution is 2.39. The standard InChI is InChI=1S/C12H20N2/c1-10(2)4-3-9-14-12(7-8-13-14)11-5-6-11/h7-8,10-11H,3-6,9H2,1-2H3.